The van der Waals surface area contributed by atoms with Crippen LogP contribution in [-0.2, 0) is 42.1 Å². The van der Waals surface area contributed by atoms with Crippen LogP contribution in [0.2, 0.25) is 0 Å². The highest BCUT2D eigenvalue weighted by molar-refractivity contribution is 9.10. The molecule has 11 heteroatoms. The van der Waals surface area contributed by atoms with Gasteiger partial charge in [0.15, 0.2) is 11.2 Å². The van der Waals surface area contributed by atoms with Crippen molar-refractivity contribution in [3.05, 3.63) is 61.0 Å². The number of hydrogen-bond acceptors (Lipinski definition) is 5. The van der Waals surface area contributed by atoms with Crippen molar-refractivity contribution in [2.45, 2.75) is 45.7 Å². The summed E-state index contributed by atoms with van der Waals surface area (Å²) >= 11 is 3.55. The summed E-state index contributed by atoms with van der Waals surface area (Å²) in [6.45, 7) is 1.89. The molecule has 1 aromatic carbocycles. The van der Waals surface area contributed by atoms with Crippen LogP contribution in [0, 0.1) is 12.3 Å². The van der Waals surface area contributed by atoms with Gasteiger partial charge in [0.2, 0.25) is 0 Å². The number of aryl methyl sites for hydroxylation is 4. The lowest BCUT2D eigenvalue weighted by atomic mass is 10.1. The monoisotopic (exact) mass is 550 g/mol. The molecule has 0 bridgehead atoms. The fourth-order valence-corrected chi connectivity index (χ4v) is 5.50. The highest BCUT2D eigenvalue weighted by Gasteiger charge is 2.21. The van der Waals surface area contributed by atoms with E-state index in [1.54, 1.807) is 18.5 Å². The molecule has 0 radical (unpaired) electrons. The van der Waals surface area contributed by atoms with E-state index < -0.39 is 18.8 Å². The molecule has 3 rings (SSSR count). The third-order valence-electron chi connectivity index (χ3n) is 5.56. The normalized spacial score (nSPS) is 13.1. The lowest BCUT2D eigenvalue weighted by molar-refractivity contribution is 0.272. The molecule has 1 atom stereocenters. The molecule has 0 saturated carbocycles. The number of unbranched alkanes of at least 4 members (excludes halogenated alkanes) is 1. The first-order valence-electron chi connectivity index (χ1n) is 11.0. The van der Waals surface area contributed by atoms with Crippen molar-refractivity contribution >= 4 is 34.7 Å². The minimum Gasteiger partial charge on any atom is -0.325 e. The second kappa shape index (κ2) is 11.3. The van der Waals surface area contributed by atoms with Crippen molar-refractivity contribution in [1.82, 2.24) is 18.7 Å². The summed E-state index contributed by atoms with van der Waals surface area (Å²) in [6.07, 6.45) is 7.46. The van der Waals surface area contributed by atoms with Gasteiger partial charge in [-0.15, -0.1) is 6.42 Å². The first kappa shape index (κ1) is 26.2. The van der Waals surface area contributed by atoms with Crippen molar-refractivity contribution in [1.29, 1.82) is 0 Å². The smallest absolute Gasteiger partial charge is 0.325 e. The Hall–Kier alpha value is -2.44. The Morgan fingerprint density at radius 2 is 1.94 bits per heavy atom. The van der Waals surface area contributed by atoms with Gasteiger partial charge in [0.05, 0.1) is 19.3 Å². The zero-order valence-electron chi connectivity index (χ0n) is 19.2. The Balaban J connectivity index is 1.95. The second-order valence-electron chi connectivity index (χ2n) is 7.87. The molecule has 9 nitrogen and oxygen atoms in total. The lowest BCUT2D eigenvalue weighted by Crippen LogP contribution is -2.40. The summed E-state index contributed by atoms with van der Waals surface area (Å²) in [7, 11) is -1.89. The van der Waals surface area contributed by atoms with E-state index in [1.165, 1.54) is 4.57 Å². The Labute approximate surface area is 206 Å². The summed E-state index contributed by atoms with van der Waals surface area (Å²) in [5.74, 6) is 3.04. The number of terminal acetylenes is 1. The Bertz CT molecular complexity index is 1380. The van der Waals surface area contributed by atoms with Gasteiger partial charge in [-0.2, -0.15) is 0 Å². The Kier molecular flexibility index (Phi) is 8.72. The molecule has 0 amide bonds. The van der Waals surface area contributed by atoms with Crippen LogP contribution in [0.5, 0.6) is 0 Å². The number of imidazole rings is 1. The van der Waals surface area contributed by atoms with Gasteiger partial charge in [0, 0.05) is 24.5 Å². The number of halogens is 1. The zero-order valence-corrected chi connectivity index (χ0v) is 21.7. The van der Waals surface area contributed by atoms with Crippen molar-refractivity contribution < 1.29 is 14.0 Å². The molecule has 0 spiro atoms. The molecule has 0 aliphatic rings. The minimum atomic E-state index is -3.64. The van der Waals surface area contributed by atoms with E-state index in [0.717, 1.165) is 14.6 Å². The molecule has 2 aromatic heterocycles. The number of benzene rings is 1. The summed E-state index contributed by atoms with van der Waals surface area (Å²) in [4.78, 5) is 40.6. The maximum absolute atomic E-state index is 13.1. The molecular weight excluding hydrogens is 523 g/mol. The number of hydrogen-bond donors (Lipinski definition) is 1. The molecule has 182 valence electrons. The molecular formula is C23H28BrN4O5P. The molecule has 0 saturated heterocycles. The predicted molar refractivity (Wildman–Crippen MR) is 135 cm³/mol. The summed E-state index contributed by atoms with van der Waals surface area (Å²) in [5, 5.41) is 0. The summed E-state index contributed by atoms with van der Waals surface area (Å²) < 4.78 is 22.0. The van der Waals surface area contributed by atoms with Gasteiger partial charge in [-0.1, -0.05) is 40.0 Å². The maximum atomic E-state index is 13.1. The molecule has 1 unspecified atom stereocenters. The van der Waals surface area contributed by atoms with Gasteiger partial charge in [-0.25, -0.2) is 14.3 Å². The van der Waals surface area contributed by atoms with E-state index in [0.29, 0.717) is 42.7 Å². The third-order valence-corrected chi connectivity index (χ3v) is 7.88. The molecule has 3 aromatic rings. The third kappa shape index (κ3) is 5.78. The lowest BCUT2D eigenvalue weighted by Gasteiger charge is -2.12. The van der Waals surface area contributed by atoms with Gasteiger partial charge in [-0.3, -0.25) is 13.9 Å². The molecule has 0 aliphatic carbocycles. The van der Waals surface area contributed by atoms with Crippen LogP contribution in [0.3, 0.4) is 0 Å². The highest BCUT2D eigenvalue weighted by atomic mass is 79.9. The van der Waals surface area contributed by atoms with E-state index in [9.17, 15) is 19.0 Å². The molecule has 0 fully saturated rings. The summed E-state index contributed by atoms with van der Waals surface area (Å²) in [6, 6.07) is 7.89. The molecule has 1 N–H and O–H groups in total. The highest BCUT2D eigenvalue weighted by Crippen LogP contribution is 2.42. The molecule has 2 heterocycles. The predicted octanol–water partition coefficient (Wildman–Crippen LogP) is 3.08. The van der Waals surface area contributed by atoms with Crippen LogP contribution in [0.1, 0.15) is 31.2 Å². The van der Waals surface area contributed by atoms with E-state index in [-0.39, 0.29) is 25.9 Å². The number of nitrogens with zero attached hydrogens (tertiary/aromatic N) is 4. The molecule has 0 aliphatic heterocycles. The number of fused-ring (bicyclic) bond motifs is 1. The van der Waals surface area contributed by atoms with E-state index in [2.05, 4.69) is 26.8 Å². The van der Waals surface area contributed by atoms with Gasteiger partial charge < -0.3 is 14.0 Å². The van der Waals surface area contributed by atoms with Crippen LogP contribution < -0.4 is 11.2 Å². The van der Waals surface area contributed by atoms with Crippen molar-refractivity contribution in [2.75, 3.05) is 12.8 Å². The van der Waals surface area contributed by atoms with Crippen LogP contribution in [0.4, 0.5) is 0 Å². The molecule has 34 heavy (non-hydrogen) atoms. The topological polar surface area (TPSA) is 108 Å². The van der Waals surface area contributed by atoms with Crippen molar-refractivity contribution in [3.63, 3.8) is 0 Å². The second-order valence-corrected chi connectivity index (χ2v) is 10.7. The van der Waals surface area contributed by atoms with Crippen molar-refractivity contribution in [3.8, 4) is 12.3 Å². The van der Waals surface area contributed by atoms with Crippen LogP contribution in [-0.4, -0.2) is 36.3 Å². The Morgan fingerprint density at radius 1 is 1.21 bits per heavy atom. The SMILES string of the molecule is C#CCn1c(=O)c2c(nc(CCc3ccccc3Br)n2C)n(CCCCP(=O)(O)OCC)c1=O. The van der Waals surface area contributed by atoms with E-state index in [4.69, 9.17) is 10.9 Å². The first-order chi connectivity index (χ1) is 16.2. The number of rotatable bonds is 11. The van der Waals surface area contributed by atoms with E-state index in [1.807, 2.05) is 24.3 Å². The zero-order chi connectivity index (χ0) is 24.9. The fraction of sp³-hybridized carbons (Fsp3) is 0.435. The average molecular weight is 551 g/mol. The average Bonchev–Trinajstić information content (AvgIpc) is 3.11. The van der Waals surface area contributed by atoms with Crippen LogP contribution >= 0.6 is 23.5 Å². The van der Waals surface area contributed by atoms with Crippen molar-refractivity contribution in [2.24, 2.45) is 7.05 Å². The Morgan fingerprint density at radius 3 is 2.62 bits per heavy atom. The first-order valence-corrected chi connectivity index (χ1v) is 13.6. The van der Waals surface area contributed by atoms with E-state index >= 15 is 0 Å². The standard InChI is InChI=1S/C23H28BrN4O5P/c1-4-14-28-22(29)20-21(27(23(28)30)15-8-9-16-34(31,32)33-5-2)25-19(26(20)3)13-12-17-10-6-7-11-18(17)24/h1,6-7,10-11H,5,8-9,12-16H2,2-3H3,(H,31,32). The van der Waals surface area contributed by atoms with Gasteiger partial charge in [0.25, 0.3) is 5.56 Å². The quantitative estimate of drug-likeness (QED) is 0.223. The fourth-order valence-electron chi connectivity index (χ4n) is 3.86. The van der Waals surface area contributed by atoms with Crippen LogP contribution in [0.25, 0.3) is 11.2 Å². The number of aromatic nitrogens is 4. The summed E-state index contributed by atoms with van der Waals surface area (Å²) in [5.41, 5.74) is 0.693. The minimum absolute atomic E-state index is 0.0118. The van der Waals surface area contributed by atoms with Gasteiger partial charge >= 0.3 is 13.3 Å². The maximum Gasteiger partial charge on any atom is 0.333 e. The van der Waals surface area contributed by atoms with Gasteiger partial charge in [-0.05, 0) is 37.8 Å². The van der Waals surface area contributed by atoms with Gasteiger partial charge in [0.1, 0.15) is 5.82 Å². The van der Waals surface area contributed by atoms with Crippen LogP contribution in [0.15, 0.2) is 38.3 Å². The largest absolute Gasteiger partial charge is 0.333 e.